The molecule has 2 heterocycles. The van der Waals surface area contributed by atoms with E-state index in [1.165, 1.54) is 11.2 Å². The van der Waals surface area contributed by atoms with Crippen LogP contribution in [0.25, 0.3) is 10.2 Å². The van der Waals surface area contributed by atoms with Crippen molar-refractivity contribution in [1.82, 2.24) is 15.3 Å². The van der Waals surface area contributed by atoms with Crippen LogP contribution in [0.5, 0.6) is 5.88 Å². The van der Waals surface area contributed by atoms with Crippen LogP contribution in [-0.4, -0.2) is 22.5 Å². The molecule has 0 aliphatic heterocycles. The van der Waals surface area contributed by atoms with Crippen LogP contribution in [0.1, 0.15) is 16.0 Å². The maximum atomic E-state index is 11.9. The average molecular weight is 327 g/mol. The van der Waals surface area contributed by atoms with E-state index in [1.54, 1.807) is 11.3 Å². The molecule has 5 nitrogen and oxygen atoms in total. The number of hydrogen-bond acceptors (Lipinski definition) is 5. The molecule has 0 aliphatic rings. The molecular weight excluding hydrogens is 310 g/mol. The summed E-state index contributed by atoms with van der Waals surface area (Å²) in [6.07, 6.45) is 1.47. The monoisotopic (exact) mass is 327 g/mol. The SMILES string of the molecule is Cc1sc2ncnc(OCC(=O)NCc3ccccc3)c2c1C. The van der Waals surface area contributed by atoms with Crippen molar-refractivity contribution in [2.24, 2.45) is 0 Å². The van der Waals surface area contributed by atoms with Crippen LogP contribution in [0.15, 0.2) is 36.7 Å². The van der Waals surface area contributed by atoms with E-state index in [2.05, 4.69) is 15.3 Å². The number of aromatic nitrogens is 2. The van der Waals surface area contributed by atoms with Crippen LogP contribution in [-0.2, 0) is 11.3 Å². The van der Waals surface area contributed by atoms with Crippen molar-refractivity contribution in [2.75, 3.05) is 6.61 Å². The number of thiophene rings is 1. The lowest BCUT2D eigenvalue weighted by molar-refractivity contribution is -0.123. The number of nitrogens with zero attached hydrogens (tertiary/aromatic N) is 2. The molecule has 0 unspecified atom stereocenters. The van der Waals surface area contributed by atoms with E-state index in [0.29, 0.717) is 12.4 Å². The van der Waals surface area contributed by atoms with Gasteiger partial charge >= 0.3 is 0 Å². The number of nitrogens with one attached hydrogen (secondary N) is 1. The molecule has 1 aromatic carbocycles. The topological polar surface area (TPSA) is 64.1 Å². The van der Waals surface area contributed by atoms with Gasteiger partial charge in [-0.15, -0.1) is 11.3 Å². The standard InChI is InChI=1S/C17H17N3O2S/c1-11-12(2)23-17-15(11)16(19-10-20-17)22-9-14(21)18-8-13-6-4-3-5-7-13/h3-7,10H,8-9H2,1-2H3,(H,18,21). The van der Waals surface area contributed by atoms with Crippen molar-refractivity contribution in [3.8, 4) is 5.88 Å². The van der Waals surface area contributed by atoms with Gasteiger partial charge in [-0.25, -0.2) is 9.97 Å². The van der Waals surface area contributed by atoms with E-state index < -0.39 is 0 Å². The number of fused-ring (bicyclic) bond motifs is 1. The van der Waals surface area contributed by atoms with E-state index in [9.17, 15) is 4.79 Å². The smallest absolute Gasteiger partial charge is 0.258 e. The van der Waals surface area contributed by atoms with Crippen LogP contribution in [0, 0.1) is 13.8 Å². The van der Waals surface area contributed by atoms with Crippen molar-refractivity contribution in [3.05, 3.63) is 52.7 Å². The zero-order valence-corrected chi connectivity index (χ0v) is 13.8. The first-order valence-corrected chi connectivity index (χ1v) is 8.11. The van der Waals surface area contributed by atoms with Gasteiger partial charge in [-0.2, -0.15) is 0 Å². The van der Waals surface area contributed by atoms with Crippen LogP contribution < -0.4 is 10.1 Å². The summed E-state index contributed by atoms with van der Waals surface area (Å²) in [4.78, 5) is 22.4. The largest absolute Gasteiger partial charge is 0.467 e. The van der Waals surface area contributed by atoms with Crippen LogP contribution in [0.2, 0.25) is 0 Å². The van der Waals surface area contributed by atoms with Gasteiger partial charge in [0.25, 0.3) is 5.91 Å². The molecule has 0 fully saturated rings. The number of hydrogen-bond donors (Lipinski definition) is 1. The molecule has 1 amide bonds. The van der Waals surface area contributed by atoms with E-state index in [4.69, 9.17) is 4.74 Å². The fraction of sp³-hybridized carbons (Fsp3) is 0.235. The molecule has 118 valence electrons. The molecule has 23 heavy (non-hydrogen) atoms. The van der Waals surface area contributed by atoms with Crippen molar-refractivity contribution in [1.29, 1.82) is 0 Å². The number of aryl methyl sites for hydroxylation is 2. The summed E-state index contributed by atoms with van der Waals surface area (Å²) >= 11 is 1.60. The molecule has 0 aliphatic carbocycles. The Kier molecular flexibility index (Phi) is 4.52. The van der Waals surface area contributed by atoms with Gasteiger partial charge in [-0.3, -0.25) is 4.79 Å². The highest BCUT2D eigenvalue weighted by molar-refractivity contribution is 7.18. The van der Waals surface area contributed by atoms with Crippen LogP contribution in [0.3, 0.4) is 0 Å². The van der Waals surface area contributed by atoms with Gasteiger partial charge in [-0.05, 0) is 25.0 Å². The Balaban J connectivity index is 1.63. The summed E-state index contributed by atoms with van der Waals surface area (Å²) in [6.45, 7) is 4.48. The van der Waals surface area contributed by atoms with Crippen molar-refractivity contribution >= 4 is 27.5 Å². The third kappa shape index (κ3) is 3.48. The van der Waals surface area contributed by atoms with E-state index in [1.807, 2.05) is 44.2 Å². The summed E-state index contributed by atoms with van der Waals surface area (Å²) in [7, 11) is 0. The maximum absolute atomic E-state index is 11.9. The summed E-state index contributed by atoms with van der Waals surface area (Å²) in [5.41, 5.74) is 2.15. The number of ether oxygens (including phenoxy) is 1. The quantitative estimate of drug-likeness (QED) is 0.782. The zero-order valence-electron chi connectivity index (χ0n) is 13.0. The molecule has 3 aromatic rings. The maximum Gasteiger partial charge on any atom is 0.258 e. The van der Waals surface area contributed by atoms with Gasteiger partial charge in [-0.1, -0.05) is 30.3 Å². The van der Waals surface area contributed by atoms with Gasteiger partial charge in [0.2, 0.25) is 5.88 Å². The number of rotatable bonds is 5. The van der Waals surface area contributed by atoms with E-state index >= 15 is 0 Å². The minimum atomic E-state index is -0.176. The van der Waals surface area contributed by atoms with Crippen LogP contribution >= 0.6 is 11.3 Å². The number of carbonyl (C=O) groups is 1. The Morgan fingerprint density at radius 2 is 2.00 bits per heavy atom. The predicted molar refractivity (Wildman–Crippen MR) is 90.7 cm³/mol. The second-order valence-corrected chi connectivity index (χ2v) is 6.40. The lowest BCUT2D eigenvalue weighted by Gasteiger charge is -2.08. The fourth-order valence-corrected chi connectivity index (χ4v) is 3.23. The Bertz CT molecular complexity index is 830. The Labute approximate surface area is 138 Å². The molecule has 1 N–H and O–H groups in total. The molecular formula is C17H17N3O2S. The van der Waals surface area contributed by atoms with Gasteiger partial charge in [0.15, 0.2) is 6.61 Å². The summed E-state index contributed by atoms with van der Waals surface area (Å²) < 4.78 is 5.61. The number of carbonyl (C=O) groups excluding carboxylic acids is 1. The van der Waals surface area contributed by atoms with Crippen molar-refractivity contribution in [2.45, 2.75) is 20.4 Å². The summed E-state index contributed by atoms with van der Waals surface area (Å²) in [6, 6.07) is 9.76. The van der Waals surface area contributed by atoms with Gasteiger partial charge in [0, 0.05) is 11.4 Å². The first-order chi connectivity index (χ1) is 11.1. The normalized spacial score (nSPS) is 10.7. The molecule has 3 rings (SSSR count). The second kappa shape index (κ2) is 6.75. The lowest BCUT2D eigenvalue weighted by Crippen LogP contribution is -2.28. The molecule has 6 heteroatoms. The highest BCUT2D eigenvalue weighted by Crippen LogP contribution is 2.33. The molecule has 0 spiro atoms. The number of amides is 1. The Morgan fingerprint density at radius 1 is 1.22 bits per heavy atom. The zero-order chi connectivity index (χ0) is 16.2. The molecule has 0 radical (unpaired) electrons. The van der Waals surface area contributed by atoms with Gasteiger partial charge < -0.3 is 10.1 Å². The minimum Gasteiger partial charge on any atom is -0.467 e. The molecule has 2 aromatic heterocycles. The number of benzene rings is 1. The van der Waals surface area contributed by atoms with Crippen LogP contribution in [0.4, 0.5) is 0 Å². The Hall–Kier alpha value is -2.47. The minimum absolute atomic E-state index is 0.0622. The van der Waals surface area contributed by atoms with Gasteiger partial charge in [0.1, 0.15) is 11.2 Å². The highest BCUT2D eigenvalue weighted by Gasteiger charge is 2.14. The lowest BCUT2D eigenvalue weighted by atomic mass is 10.2. The van der Waals surface area contributed by atoms with E-state index in [0.717, 1.165) is 21.3 Å². The highest BCUT2D eigenvalue weighted by atomic mass is 32.1. The third-order valence-corrected chi connectivity index (χ3v) is 4.72. The predicted octanol–water partition coefficient (Wildman–Crippen LogP) is 3.00. The summed E-state index contributed by atoms with van der Waals surface area (Å²) in [5.74, 6) is 0.289. The third-order valence-electron chi connectivity index (χ3n) is 3.60. The fourth-order valence-electron chi connectivity index (χ4n) is 2.24. The van der Waals surface area contributed by atoms with E-state index in [-0.39, 0.29) is 12.5 Å². The van der Waals surface area contributed by atoms with Crippen molar-refractivity contribution < 1.29 is 9.53 Å². The molecule has 0 atom stereocenters. The first kappa shape index (κ1) is 15.4. The molecule has 0 bridgehead atoms. The molecule has 0 saturated carbocycles. The first-order valence-electron chi connectivity index (χ1n) is 7.29. The molecule has 0 saturated heterocycles. The average Bonchev–Trinajstić information content (AvgIpc) is 2.87. The Morgan fingerprint density at radius 3 is 2.78 bits per heavy atom. The summed E-state index contributed by atoms with van der Waals surface area (Å²) in [5, 5.41) is 3.73. The second-order valence-electron chi connectivity index (χ2n) is 5.19. The van der Waals surface area contributed by atoms with Gasteiger partial charge in [0.05, 0.1) is 5.39 Å². The van der Waals surface area contributed by atoms with Crippen molar-refractivity contribution in [3.63, 3.8) is 0 Å².